The number of nitrogens with zero attached hydrogens (tertiary/aromatic N) is 2. The Morgan fingerprint density at radius 1 is 1.22 bits per heavy atom. The maximum atomic E-state index is 4.58. The maximum Gasteiger partial charge on any atom is 0.207 e. The van der Waals surface area contributed by atoms with Crippen LogP contribution in [0.1, 0.15) is 35.7 Å². The molecule has 0 radical (unpaired) electrons. The molecule has 1 saturated carbocycles. The smallest absolute Gasteiger partial charge is 0.207 e. The Hall–Kier alpha value is -1.77. The Labute approximate surface area is 108 Å². The highest BCUT2D eigenvalue weighted by atomic mass is 15.2. The molecule has 0 saturated heterocycles. The second-order valence-electron chi connectivity index (χ2n) is 5.29. The molecule has 0 amide bonds. The van der Waals surface area contributed by atoms with E-state index < -0.39 is 0 Å². The lowest BCUT2D eigenvalue weighted by molar-refractivity contribution is 0.750. The summed E-state index contributed by atoms with van der Waals surface area (Å²) in [6.45, 7) is 6.30. The SMILES string of the molecule is Cc1ccc(Nc2nc(C)cn2C2CC2)c(C)c1. The zero-order chi connectivity index (χ0) is 12.7. The third-order valence-corrected chi connectivity index (χ3v) is 3.42. The summed E-state index contributed by atoms with van der Waals surface area (Å²) in [6, 6.07) is 7.11. The summed E-state index contributed by atoms with van der Waals surface area (Å²) in [5.74, 6) is 0.974. The zero-order valence-corrected chi connectivity index (χ0v) is 11.2. The number of imidazole rings is 1. The minimum atomic E-state index is 0.652. The van der Waals surface area contributed by atoms with Gasteiger partial charge in [0, 0.05) is 17.9 Å². The second kappa shape index (κ2) is 4.16. The van der Waals surface area contributed by atoms with Gasteiger partial charge in [-0.2, -0.15) is 0 Å². The van der Waals surface area contributed by atoms with Crippen LogP contribution in [0.3, 0.4) is 0 Å². The van der Waals surface area contributed by atoms with Gasteiger partial charge in [-0.25, -0.2) is 4.98 Å². The average molecular weight is 241 g/mol. The number of aryl methyl sites for hydroxylation is 3. The fraction of sp³-hybridized carbons (Fsp3) is 0.400. The maximum absolute atomic E-state index is 4.58. The predicted molar refractivity (Wildman–Crippen MR) is 74.4 cm³/mol. The van der Waals surface area contributed by atoms with Crippen molar-refractivity contribution in [1.82, 2.24) is 9.55 Å². The van der Waals surface area contributed by atoms with Crippen molar-refractivity contribution in [3.05, 3.63) is 41.2 Å². The van der Waals surface area contributed by atoms with Crippen molar-refractivity contribution in [3.63, 3.8) is 0 Å². The number of hydrogen-bond acceptors (Lipinski definition) is 2. The third-order valence-electron chi connectivity index (χ3n) is 3.42. The van der Waals surface area contributed by atoms with Gasteiger partial charge in [0.25, 0.3) is 0 Å². The molecule has 94 valence electrons. The summed E-state index contributed by atoms with van der Waals surface area (Å²) in [7, 11) is 0. The van der Waals surface area contributed by atoms with E-state index in [1.165, 1.54) is 24.0 Å². The van der Waals surface area contributed by atoms with Gasteiger partial charge in [-0.05, 0) is 45.2 Å². The molecule has 18 heavy (non-hydrogen) atoms. The molecule has 2 aromatic rings. The molecule has 0 aliphatic heterocycles. The highest BCUT2D eigenvalue weighted by Gasteiger charge is 2.26. The molecular weight excluding hydrogens is 222 g/mol. The van der Waals surface area contributed by atoms with E-state index in [0.717, 1.165) is 17.3 Å². The molecular formula is C15H19N3. The van der Waals surface area contributed by atoms with Crippen molar-refractivity contribution in [2.45, 2.75) is 39.7 Å². The lowest BCUT2D eigenvalue weighted by Gasteiger charge is -2.11. The van der Waals surface area contributed by atoms with Crippen molar-refractivity contribution >= 4 is 11.6 Å². The van der Waals surface area contributed by atoms with Gasteiger partial charge in [0.1, 0.15) is 0 Å². The monoisotopic (exact) mass is 241 g/mol. The first-order valence-electron chi connectivity index (χ1n) is 6.53. The van der Waals surface area contributed by atoms with Crippen LogP contribution in [0.4, 0.5) is 11.6 Å². The van der Waals surface area contributed by atoms with E-state index in [2.05, 4.69) is 53.1 Å². The standard InChI is InChI=1S/C15H19N3/c1-10-4-7-14(11(2)8-10)17-15-16-12(3)9-18(15)13-5-6-13/h4,7-9,13H,5-6H2,1-3H3,(H,16,17). The summed E-state index contributed by atoms with van der Waals surface area (Å²) in [5.41, 5.74) is 4.78. The predicted octanol–water partition coefficient (Wildman–Crippen LogP) is 3.89. The minimum absolute atomic E-state index is 0.652. The molecule has 3 heteroatoms. The number of nitrogens with one attached hydrogen (secondary N) is 1. The van der Waals surface area contributed by atoms with E-state index in [-0.39, 0.29) is 0 Å². The Morgan fingerprint density at radius 2 is 2.00 bits per heavy atom. The Balaban J connectivity index is 1.91. The van der Waals surface area contributed by atoms with Gasteiger partial charge < -0.3 is 9.88 Å². The summed E-state index contributed by atoms with van der Waals surface area (Å²) < 4.78 is 2.27. The van der Waals surface area contributed by atoms with Crippen molar-refractivity contribution in [3.8, 4) is 0 Å². The number of benzene rings is 1. The Bertz CT molecular complexity index is 579. The normalized spacial score (nSPS) is 14.8. The lowest BCUT2D eigenvalue weighted by Crippen LogP contribution is -2.02. The van der Waals surface area contributed by atoms with Crippen LogP contribution in [0.2, 0.25) is 0 Å². The van der Waals surface area contributed by atoms with Gasteiger partial charge in [-0.1, -0.05) is 17.7 Å². The van der Waals surface area contributed by atoms with Crippen molar-refractivity contribution in [2.75, 3.05) is 5.32 Å². The minimum Gasteiger partial charge on any atom is -0.325 e. The molecule has 1 heterocycles. The Kier molecular flexibility index (Phi) is 2.62. The number of anilines is 2. The van der Waals surface area contributed by atoms with Crippen LogP contribution in [-0.2, 0) is 0 Å². The molecule has 1 fully saturated rings. The molecule has 1 aliphatic rings. The summed E-state index contributed by atoms with van der Waals surface area (Å²) in [4.78, 5) is 4.58. The molecule has 0 atom stereocenters. The molecule has 0 unspecified atom stereocenters. The number of aromatic nitrogens is 2. The van der Waals surface area contributed by atoms with E-state index in [1.807, 2.05) is 6.92 Å². The third kappa shape index (κ3) is 2.13. The first kappa shape index (κ1) is 11.3. The molecule has 0 spiro atoms. The van der Waals surface area contributed by atoms with E-state index in [0.29, 0.717) is 6.04 Å². The van der Waals surface area contributed by atoms with Crippen LogP contribution >= 0.6 is 0 Å². The molecule has 1 N–H and O–H groups in total. The van der Waals surface area contributed by atoms with Gasteiger partial charge in [-0.3, -0.25) is 0 Å². The fourth-order valence-corrected chi connectivity index (χ4v) is 2.31. The van der Waals surface area contributed by atoms with E-state index in [4.69, 9.17) is 0 Å². The van der Waals surface area contributed by atoms with Crippen molar-refractivity contribution in [2.24, 2.45) is 0 Å². The van der Waals surface area contributed by atoms with Crippen LogP contribution < -0.4 is 5.32 Å². The second-order valence-corrected chi connectivity index (χ2v) is 5.29. The highest BCUT2D eigenvalue weighted by Crippen LogP contribution is 2.38. The van der Waals surface area contributed by atoms with E-state index >= 15 is 0 Å². The van der Waals surface area contributed by atoms with Gasteiger partial charge in [-0.15, -0.1) is 0 Å². The van der Waals surface area contributed by atoms with Gasteiger partial charge in [0.2, 0.25) is 5.95 Å². The molecule has 3 rings (SSSR count). The quantitative estimate of drug-likeness (QED) is 0.883. The van der Waals surface area contributed by atoms with Crippen LogP contribution in [-0.4, -0.2) is 9.55 Å². The van der Waals surface area contributed by atoms with Crippen LogP contribution in [0.25, 0.3) is 0 Å². The molecule has 3 nitrogen and oxygen atoms in total. The van der Waals surface area contributed by atoms with E-state index in [9.17, 15) is 0 Å². The van der Waals surface area contributed by atoms with Gasteiger partial charge in [0.05, 0.1) is 5.69 Å². The molecule has 1 aromatic heterocycles. The van der Waals surface area contributed by atoms with Crippen molar-refractivity contribution in [1.29, 1.82) is 0 Å². The van der Waals surface area contributed by atoms with Gasteiger partial charge in [0.15, 0.2) is 0 Å². The largest absolute Gasteiger partial charge is 0.325 e. The van der Waals surface area contributed by atoms with Crippen molar-refractivity contribution < 1.29 is 0 Å². The number of rotatable bonds is 3. The fourth-order valence-electron chi connectivity index (χ4n) is 2.31. The first-order valence-corrected chi connectivity index (χ1v) is 6.53. The Morgan fingerprint density at radius 3 is 2.67 bits per heavy atom. The molecule has 0 bridgehead atoms. The van der Waals surface area contributed by atoms with Crippen LogP contribution in [0.5, 0.6) is 0 Å². The van der Waals surface area contributed by atoms with Crippen LogP contribution in [0, 0.1) is 20.8 Å². The lowest BCUT2D eigenvalue weighted by atomic mass is 10.1. The molecule has 1 aliphatic carbocycles. The molecule has 1 aromatic carbocycles. The number of hydrogen-bond donors (Lipinski definition) is 1. The summed E-state index contributed by atoms with van der Waals surface area (Å²) in [6.07, 6.45) is 4.69. The zero-order valence-electron chi connectivity index (χ0n) is 11.2. The van der Waals surface area contributed by atoms with E-state index in [1.54, 1.807) is 0 Å². The summed E-state index contributed by atoms with van der Waals surface area (Å²) in [5, 5.41) is 3.46. The van der Waals surface area contributed by atoms with Crippen LogP contribution in [0.15, 0.2) is 24.4 Å². The topological polar surface area (TPSA) is 29.9 Å². The highest BCUT2D eigenvalue weighted by molar-refractivity contribution is 5.59. The summed E-state index contributed by atoms with van der Waals surface area (Å²) >= 11 is 0. The van der Waals surface area contributed by atoms with Gasteiger partial charge >= 0.3 is 0 Å². The average Bonchev–Trinajstić information content (AvgIpc) is 3.08. The first-order chi connectivity index (χ1) is 8.63.